The minimum atomic E-state index is 0.0332. The van der Waals surface area contributed by atoms with Crippen molar-refractivity contribution in [3.8, 4) is 0 Å². The first-order chi connectivity index (χ1) is 9.15. The Morgan fingerprint density at radius 2 is 2.16 bits per heavy atom. The summed E-state index contributed by atoms with van der Waals surface area (Å²) in [7, 11) is 0. The van der Waals surface area contributed by atoms with Gasteiger partial charge in [-0.25, -0.2) is 0 Å². The van der Waals surface area contributed by atoms with E-state index in [4.69, 9.17) is 5.73 Å². The number of benzene rings is 1. The van der Waals surface area contributed by atoms with Crippen LogP contribution in [0, 0.1) is 17.8 Å². The molecule has 0 radical (unpaired) electrons. The molecule has 0 saturated heterocycles. The van der Waals surface area contributed by atoms with Crippen LogP contribution in [0.1, 0.15) is 24.8 Å². The van der Waals surface area contributed by atoms with E-state index in [0.29, 0.717) is 18.4 Å². The van der Waals surface area contributed by atoms with Crippen molar-refractivity contribution in [2.45, 2.75) is 31.8 Å². The van der Waals surface area contributed by atoms with Crippen molar-refractivity contribution < 1.29 is 4.79 Å². The highest BCUT2D eigenvalue weighted by molar-refractivity contribution is 9.10. The van der Waals surface area contributed by atoms with E-state index < -0.39 is 0 Å². The van der Waals surface area contributed by atoms with Gasteiger partial charge in [0, 0.05) is 17.1 Å². The third kappa shape index (κ3) is 2.56. The lowest BCUT2D eigenvalue weighted by Crippen LogP contribution is -2.45. The summed E-state index contributed by atoms with van der Waals surface area (Å²) in [5.41, 5.74) is 7.30. The molecule has 4 unspecified atom stereocenters. The second-order valence-electron chi connectivity index (χ2n) is 5.78. The lowest BCUT2D eigenvalue weighted by Gasteiger charge is -2.27. The van der Waals surface area contributed by atoms with E-state index in [1.165, 1.54) is 12.8 Å². The topological polar surface area (TPSA) is 55.1 Å². The Morgan fingerprint density at radius 1 is 1.37 bits per heavy atom. The third-order valence-corrected chi connectivity index (χ3v) is 5.13. The fourth-order valence-corrected chi connectivity index (χ4v) is 4.13. The molecule has 3 N–H and O–H groups in total. The van der Waals surface area contributed by atoms with Crippen LogP contribution < -0.4 is 11.1 Å². The Morgan fingerprint density at radius 3 is 2.84 bits per heavy atom. The van der Waals surface area contributed by atoms with Gasteiger partial charge in [0.1, 0.15) is 0 Å². The Kier molecular flexibility index (Phi) is 3.63. The number of hydrogen-bond donors (Lipinski definition) is 2. The quantitative estimate of drug-likeness (QED) is 0.898. The van der Waals surface area contributed by atoms with Crippen molar-refractivity contribution in [3.05, 3.63) is 34.3 Å². The van der Waals surface area contributed by atoms with E-state index in [-0.39, 0.29) is 17.9 Å². The SMILES string of the molecule is NC1C2CCC(C2)C1C(=O)NCc1cccc(Br)c1. The molecular weight excluding hydrogens is 304 g/mol. The third-order valence-electron chi connectivity index (χ3n) is 4.64. The molecule has 2 fully saturated rings. The molecule has 2 aliphatic carbocycles. The number of carbonyl (C=O) groups excluding carboxylic acids is 1. The van der Waals surface area contributed by atoms with E-state index in [9.17, 15) is 4.79 Å². The van der Waals surface area contributed by atoms with Crippen LogP contribution >= 0.6 is 15.9 Å². The molecular formula is C15H19BrN2O. The average Bonchev–Trinajstić information content (AvgIpc) is 2.97. The summed E-state index contributed by atoms with van der Waals surface area (Å²) in [6, 6.07) is 8.08. The lowest BCUT2D eigenvalue weighted by molar-refractivity contribution is -0.127. The largest absolute Gasteiger partial charge is 0.352 e. The summed E-state index contributed by atoms with van der Waals surface area (Å²) >= 11 is 3.44. The van der Waals surface area contributed by atoms with Gasteiger partial charge in [0.2, 0.25) is 5.91 Å². The highest BCUT2D eigenvalue weighted by Gasteiger charge is 2.48. The van der Waals surface area contributed by atoms with Gasteiger partial charge < -0.3 is 11.1 Å². The van der Waals surface area contributed by atoms with Gasteiger partial charge in [-0.2, -0.15) is 0 Å². The number of halogens is 1. The van der Waals surface area contributed by atoms with Gasteiger partial charge in [0.15, 0.2) is 0 Å². The molecule has 2 saturated carbocycles. The number of amides is 1. The maximum absolute atomic E-state index is 12.3. The van der Waals surface area contributed by atoms with Crippen molar-refractivity contribution in [3.63, 3.8) is 0 Å². The van der Waals surface area contributed by atoms with Crippen LogP contribution in [0.2, 0.25) is 0 Å². The molecule has 2 bridgehead atoms. The Balaban J connectivity index is 1.60. The number of nitrogens with two attached hydrogens (primary N) is 1. The summed E-state index contributed by atoms with van der Waals surface area (Å²) in [5, 5.41) is 3.04. The van der Waals surface area contributed by atoms with Crippen LogP contribution in [-0.2, 0) is 11.3 Å². The average molecular weight is 323 g/mol. The molecule has 0 aliphatic heterocycles. The second kappa shape index (κ2) is 5.25. The van der Waals surface area contributed by atoms with Gasteiger partial charge in [-0.1, -0.05) is 28.1 Å². The fourth-order valence-electron chi connectivity index (χ4n) is 3.68. The van der Waals surface area contributed by atoms with Crippen molar-refractivity contribution in [2.24, 2.45) is 23.5 Å². The van der Waals surface area contributed by atoms with Crippen LogP contribution in [0.5, 0.6) is 0 Å². The summed E-state index contributed by atoms with van der Waals surface area (Å²) < 4.78 is 1.04. The van der Waals surface area contributed by atoms with E-state index in [0.717, 1.165) is 16.5 Å². The zero-order valence-electron chi connectivity index (χ0n) is 10.8. The molecule has 2 aliphatic rings. The number of carbonyl (C=O) groups is 1. The molecule has 3 nitrogen and oxygen atoms in total. The van der Waals surface area contributed by atoms with Crippen LogP contribution in [0.3, 0.4) is 0 Å². The number of fused-ring (bicyclic) bond motifs is 2. The zero-order chi connectivity index (χ0) is 13.4. The minimum absolute atomic E-state index is 0.0332. The first kappa shape index (κ1) is 13.1. The second-order valence-corrected chi connectivity index (χ2v) is 6.70. The van der Waals surface area contributed by atoms with Gasteiger partial charge in [0.05, 0.1) is 5.92 Å². The molecule has 19 heavy (non-hydrogen) atoms. The van der Waals surface area contributed by atoms with Gasteiger partial charge in [0.25, 0.3) is 0 Å². The standard InChI is InChI=1S/C15H19BrN2O/c16-12-3-1-2-9(6-12)8-18-15(19)13-10-4-5-11(7-10)14(13)17/h1-3,6,10-11,13-14H,4-5,7-8,17H2,(H,18,19). The lowest BCUT2D eigenvalue weighted by atomic mass is 9.84. The minimum Gasteiger partial charge on any atom is -0.352 e. The van der Waals surface area contributed by atoms with E-state index in [1.807, 2.05) is 24.3 Å². The van der Waals surface area contributed by atoms with E-state index in [1.54, 1.807) is 0 Å². The molecule has 0 spiro atoms. The van der Waals surface area contributed by atoms with Crippen molar-refractivity contribution in [1.29, 1.82) is 0 Å². The molecule has 0 aromatic heterocycles. The molecule has 1 amide bonds. The van der Waals surface area contributed by atoms with Gasteiger partial charge in [-0.15, -0.1) is 0 Å². The van der Waals surface area contributed by atoms with E-state index >= 15 is 0 Å². The molecule has 4 atom stereocenters. The predicted molar refractivity (Wildman–Crippen MR) is 78.3 cm³/mol. The van der Waals surface area contributed by atoms with Crippen molar-refractivity contribution in [2.75, 3.05) is 0 Å². The monoisotopic (exact) mass is 322 g/mol. The highest BCUT2D eigenvalue weighted by Crippen LogP contribution is 2.47. The Hall–Kier alpha value is -0.870. The van der Waals surface area contributed by atoms with Crippen molar-refractivity contribution >= 4 is 21.8 Å². The van der Waals surface area contributed by atoms with Gasteiger partial charge in [-0.05, 0) is 48.8 Å². The number of nitrogens with one attached hydrogen (secondary N) is 1. The predicted octanol–water partition coefficient (Wildman–Crippen LogP) is 2.44. The molecule has 1 aromatic carbocycles. The van der Waals surface area contributed by atoms with Crippen LogP contribution in [0.25, 0.3) is 0 Å². The number of rotatable bonds is 3. The Bertz CT molecular complexity index is 489. The van der Waals surface area contributed by atoms with Gasteiger partial charge >= 0.3 is 0 Å². The maximum atomic E-state index is 12.3. The summed E-state index contributed by atoms with van der Waals surface area (Å²) in [4.78, 5) is 12.3. The molecule has 4 heteroatoms. The molecule has 1 aromatic rings. The normalized spacial score (nSPS) is 32.5. The van der Waals surface area contributed by atoms with Gasteiger partial charge in [-0.3, -0.25) is 4.79 Å². The summed E-state index contributed by atoms with van der Waals surface area (Å²) in [6.45, 7) is 0.582. The molecule has 0 heterocycles. The molecule has 102 valence electrons. The summed E-state index contributed by atoms with van der Waals surface area (Å²) in [5.74, 6) is 1.26. The van der Waals surface area contributed by atoms with Crippen LogP contribution in [-0.4, -0.2) is 11.9 Å². The highest BCUT2D eigenvalue weighted by atomic mass is 79.9. The van der Waals surface area contributed by atoms with Crippen molar-refractivity contribution in [1.82, 2.24) is 5.32 Å². The Labute approximate surface area is 122 Å². The van der Waals surface area contributed by atoms with Crippen LogP contribution in [0.4, 0.5) is 0 Å². The van der Waals surface area contributed by atoms with Crippen LogP contribution in [0.15, 0.2) is 28.7 Å². The smallest absolute Gasteiger partial charge is 0.225 e. The first-order valence-corrected chi connectivity index (χ1v) is 7.72. The van der Waals surface area contributed by atoms with E-state index in [2.05, 4.69) is 21.2 Å². The molecule has 3 rings (SSSR count). The zero-order valence-corrected chi connectivity index (χ0v) is 12.4. The summed E-state index contributed by atoms with van der Waals surface area (Å²) in [6.07, 6.45) is 3.53. The fraction of sp³-hybridized carbons (Fsp3) is 0.533. The number of hydrogen-bond acceptors (Lipinski definition) is 2. The first-order valence-electron chi connectivity index (χ1n) is 6.93. The maximum Gasteiger partial charge on any atom is 0.225 e.